The van der Waals surface area contributed by atoms with E-state index in [9.17, 15) is 14.4 Å². The topological polar surface area (TPSA) is 113 Å². The molecule has 21 heavy (non-hydrogen) atoms. The predicted molar refractivity (Wildman–Crippen MR) is 73.2 cm³/mol. The van der Waals surface area contributed by atoms with E-state index in [2.05, 4.69) is 5.32 Å². The van der Waals surface area contributed by atoms with Crippen LogP contribution in [0.25, 0.3) is 0 Å². The van der Waals surface area contributed by atoms with Crippen LogP contribution < -0.4 is 10.1 Å². The number of carbonyl (C=O) groups excluding carboxylic acids is 1. The fourth-order valence-electron chi connectivity index (χ4n) is 1.62. The minimum atomic E-state index is -1.47. The van der Waals surface area contributed by atoms with E-state index < -0.39 is 30.3 Å². The summed E-state index contributed by atoms with van der Waals surface area (Å²) in [5.41, 5.74) is 1.80. The van der Waals surface area contributed by atoms with Crippen LogP contribution in [0, 0.1) is 13.8 Å². The molecule has 7 nitrogen and oxygen atoms in total. The van der Waals surface area contributed by atoms with Gasteiger partial charge in [0, 0.05) is 0 Å². The van der Waals surface area contributed by atoms with Crippen LogP contribution in [0.15, 0.2) is 18.2 Å². The van der Waals surface area contributed by atoms with Gasteiger partial charge in [-0.15, -0.1) is 0 Å². The molecule has 0 aliphatic rings. The van der Waals surface area contributed by atoms with Crippen molar-refractivity contribution in [1.82, 2.24) is 5.32 Å². The fraction of sp³-hybridized carbons (Fsp3) is 0.357. The third-order valence-corrected chi connectivity index (χ3v) is 2.71. The lowest BCUT2D eigenvalue weighted by atomic mass is 10.1. The van der Waals surface area contributed by atoms with Crippen molar-refractivity contribution in [3.8, 4) is 5.75 Å². The number of hydrogen-bond donors (Lipinski definition) is 3. The van der Waals surface area contributed by atoms with Crippen molar-refractivity contribution in [1.29, 1.82) is 0 Å². The maximum atomic E-state index is 11.6. The molecule has 0 aromatic heterocycles. The Hall–Kier alpha value is -2.57. The molecule has 7 heteroatoms. The Morgan fingerprint density at radius 1 is 1.24 bits per heavy atom. The molecule has 0 heterocycles. The van der Waals surface area contributed by atoms with E-state index in [1.807, 2.05) is 26.0 Å². The number of aryl methyl sites for hydroxylation is 2. The van der Waals surface area contributed by atoms with Crippen molar-refractivity contribution in [3.05, 3.63) is 29.3 Å². The van der Waals surface area contributed by atoms with Gasteiger partial charge in [-0.3, -0.25) is 9.59 Å². The van der Waals surface area contributed by atoms with Crippen LogP contribution in [-0.2, 0) is 14.4 Å². The average Bonchev–Trinajstić information content (AvgIpc) is 2.38. The number of carboxylic acids is 2. The summed E-state index contributed by atoms with van der Waals surface area (Å²) < 4.78 is 5.31. The predicted octanol–water partition coefficient (Wildman–Crippen LogP) is 0.726. The molecule has 1 aromatic rings. The van der Waals surface area contributed by atoms with Gasteiger partial charge in [-0.1, -0.05) is 12.1 Å². The molecular weight excluding hydrogens is 278 g/mol. The highest BCUT2D eigenvalue weighted by Gasteiger charge is 2.23. The van der Waals surface area contributed by atoms with Crippen LogP contribution in [0.3, 0.4) is 0 Å². The number of hydrogen-bond acceptors (Lipinski definition) is 4. The number of benzene rings is 1. The molecule has 0 aliphatic carbocycles. The minimum Gasteiger partial charge on any atom is -0.483 e. The lowest BCUT2D eigenvalue weighted by molar-refractivity contribution is -0.147. The Kier molecular flexibility index (Phi) is 5.71. The lowest BCUT2D eigenvalue weighted by Gasteiger charge is -2.14. The van der Waals surface area contributed by atoms with E-state index in [-0.39, 0.29) is 6.61 Å². The van der Waals surface area contributed by atoms with Crippen LogP contribution in [-0.4, -0.2) is 40.7 Å². The molecule has 0 spiro atoms. The largest absolute Gasteiger partial charge is 0.483 e. The lowest BCUT2D eigenvalue weighted by Crippen LogP contribution is -2.44. The number of rotatable bonds is 7. The van der Waals surface area contributed by atoms with Crippen LogP contribution in [0.2, 0.25) is 0 Å². The number of ether oxygens (including phenoxy) is 1. The standard InChI is InChI=1S/C14H17NO6/c1-8-3-4-9(2)11(5-8)21-7-12(16)15-10(14(19)20)6-13(17)18/h3-5,10H,6-7H2,1-2H3,(H,15,16)(H,17,18)(H,19,20). The molecule has 0 radical (unpaired) electrons. The second kappa shape index (κ2) is 7.28. The van der Waals surface area contributed by atoms with E-state index in [0.29, 0.717) is 5.75 Å². The van der Waals surface area contributed by atoms with Crippen molar-refractivity contribution in [2.75, 3.05) is 6.61 Å². The Bertz CT molecular complexity index is 554. The zero-order chi connectivity index (χ0) is 16.0. The van der Waals surface area contributed by atoms with Crippen molar-refractivity contribution >= 4 is 17.8 Å². The van der Waals surface area contributed by atoms with E-state index in [0.717, 1.165) is 11.1 Å². The van der Waals surface area contributed by atoms with Crippen LogP contribution in [0.5, 0.6) is 5.75 Å². The number of aliphatic carboxylic acids is 2. The van der Waals surface area contributed by atoms with Gasteiger partial charge in [-0.25, -0.2) is 4.79 Å². The second-order valence-corrected chi connectivity index (χ2v) is 4.61. The highest BCUT2D eigenvalue weighted by molar-refractivity contribution is 5.87. The van der Waals surface area contributed by atoms with Gasteiger partial charge in [0.2, 0.25) is 0 Å². The number of nitrogens with one attached hydrogen (secondary N) is 1. The molecule has 0 fully saturated rings. The number of carboxylic acid groups (broad SMARTS) is 2. The number of carbonyl (C=O) groups is 3. The third kappa shape index (κ3) is 5.52. The molecule has 0 saturated heterocycles. The van der Waals surface area contributed by atoms with E-state index >= 15 is 0 Å². The van der Waals surface area contributed by atoms with E-state index in [4.69, 9.17) is 14.9 Å². The first-order valence-electron chi connectivity index (χ1n) is 6.23. The Morgan fingerprint density at radius 3 is 2.48 bits per heavy atom. The Morgan fingerprint density at radius 2 is 1.90 bits per heavy atom. The first-order chi connectivity index (χ1) is 9.79. The quantitative estimate of drug-likeness (QED) is 0.683. The first kappa shape index (κ1) is 16.5. The summed E-state index contributed by atoms with van der Waals surface area (Å²) in [5.74, 6) is -2.88. The zero-order valence-electron chi connectivity index (χ0n) is 11.8. The number of amides is 1. The fourth-order valence-corrected chi connectivity index (χ4v) is 1.62. The summed E-state index contributed by atoms with van der Waals surface area (Å²) >= 11 is 0. The van der Waals surface area contributed by atoms with Gasteiger partial charge in [0.25, 0.3) is 5.91 Å². The maximum Gasteiger partial charge on any atom is 0.326 e. The van der Waals surface area contributed by atoms with Crippen molar-refractivity contribution in [2.24, 2.45) is 0 Å². The van der Waals surface area contributed by atoms with Crippen LogP contribution >= 0.6 is 0 Å². The van der Waals surface area contributed by atoms with Gasteiger partial charge in [-0.05, 0) is 31.0 Å². The van der Waals surface area contributed by atoms with Crippen molar-refractivity contribution < 1.29 is 29.3 Å². The summed E-state index contributed by atoms with van der Waals surface area (Å²) in [7, 11) is 0. The van der Waals surface area contributed by atoms with Gasteiger partial charge in [0.15, 0.2) is 6.61 Å². The van der Waals surface area contributed by atoms with Gasteiger partial charge >= 0.3 is 11.9 Å². The minimum absolute atomic E-state index is 0.381. The monoisotopic (exact) mass is 295 g/mol. The Labute approximate surface area is 121 Å². The summed E-state index contributed by atoms with van der Waals surface area (Å²) in [6.45, 7) is 3.31. The molecule has 0 aliphatic heterocycles. The van der Waals surface area contributed by atoms with E-state index in [1.165, 1.54) is 0 Å². The first-order valence-corrected chi connectivity index (χ1v) is 6.23. The molecule has 3 N–H and O–H groups in total. The normalized spacial score (nSPS) is 11.5. The van der Waals surface area contributed by atoms with Gasteiger partial charge < -0.3 is 20.3 Å². The van der Waals surface area contributed by atoms with Crippen molar-refractivity contribution in [3.63, 3.8) is 0 Å². The Balaban J connectivity index is 2.58. The maximum absolute atomic E-state index is 11.6. The summed E-state index contributed by atoms with van der Waals surface area (Å²) in [4.78, 5) is 33.0. The molecular formula is C14H17NO6. The summed E-state index contributed by atoms with van der Waals surface area (Å²) in [6, 6.07) is 4.02. The molecule has 114 valence electrons. The van der Waals surface area contributed by atoms with Crippen LogP contribution in [0.1, 0.15) is 17.5 Å². The molecule has 0 bridgehead atoms. The molecule has 1 rings (SSSR count). The molecule has 1 unspecified atom stereocenters. The highest BCUT2D eigenvalue weighted by Crippen LogP contribution is 2.18. The van der Waals surface area contributed by atoms with Gasteiger partial charge in [0.1, 0.15) is 11.8 Å². The van der Waals surface area contributed by atoms with Crippen molar-refractivity contribution in [2.45, 2.75) is 26.3 Å². The van der Waals surface area contributed by atoms with Gasteiger partial charge in [-0.2, -0.15) is 0 Å². The average molecular weight is 295 g/mol. The van der Waals surface area contributed by atoms with Crippen LogP contribution in [0.4, 0.5) is 0 Å². The summed E-state index contributed by atoms with van der Waals surface area (Å²) in [6.07, 6.45) is -0.690. The summed E-state index contributed by atoms with van der Waals surface area (Å²) in [5, 5.41) is 19.5. The second-order valence-electron chi connectivity index (χ2n) is 4.61. The van der Waals surface area contributed by atoms with E-state index in [1.54, 1.807) is 6.07 Å². The SMILES string of the molecule is Cc1ccc(C)c(OCC(=O)NC(CC(=O)O)C(=O)O)c1. The third-order valence-electron chi connectivity index (χ3n) is 2.71. The van der Waals surface area contributed by atoms with Gasteiger partial charge in [0.05, 0.1) is 6.42 Å². The molecule has 0 saturated carbocycles. The smallest absolute Gasteiger partial charge is 0.326 e. The molecule has 1 amide bonds. The molecule has 1 aromatic carbocycles. The zero-order valence-corrected chi connectivity index (χ0v) is 11.8. The highest BCUT2D eigenvalue weighted by atomic mass is 16.5. The molecule has 1 atom stereocenters.